The molecule has 0 heterocycles. The third kappa shape index (κ3) is 2.40. The van der Waals surface area contributed by atoms with Gasteiger partial charge in [-0.25, -0.2) is 0 Å². The molecule has 1 atom stereocenters. The van der Waals surface area contributed by atoms with Crippen molar-refractivity contribution in [1.82, 2.24) is 0 Å². The molecule has 0 saturated heterocycles. The molecule has 3 heteroatoms. The second-order valence-corrected chi connectivity index (χ2v) is 4.07. The van der Waals surface area contributed by atoms with E-state index in [2.05, 4.69) is 13.8 Å². The van der Waals surface area contributed by atoms with Crippen molar-refractivity contribution < 1.29 is 4.74 Å². The number of ether oxygens (including phenoxy) is 1. The third-order valence-corrected chi connectivity index (χ3v) is 2.57. The first-order valence-corrected chi connectivity index (χ1v) is 5.03. The van der Waals surface area contributed by atoms with Crippen molar-refractivity contribution in [3.8, 4) is 5.75 Å². The van der Waals surface area contributed by atoms with Crippen LogP contribution in [0.5, 0.6) is 5.75 Å². The number of rotatable bonds is 3. The van der Waals surface area contributed by atoms with E-state index in [1.54, 1.807) is 7.11 Å². The average Bonchev–Trinajstić information content (AvgIpc) is 2.16. The molecule has 0 aromatic heterocycles. The van der Waals surface area contributed by atoms with Crippen LogP contribution in [0.1, 0.15) is 25.5 Å². The molecule has 0 radical (unpaired) electrons. The van der Waals surface area contributed by atoms with Gasteiger partial charge in [0, 0.05) is 6.04 Å². The molecule has 2 nitrogen and oxygen atoms in total. The van der Waals surface area contributed by atoms with Gasteiger partial charge >= 0.3 is 0 Å². The lowest BCUT2D eigenvalue weighted by molar-refractivity contribution is 0.414. The largest absolute Gasteiger partial charge is 0.495 e. The van der Waals surface area contributed by atoms with Crippen LogP contribution in [-0.4, -0.2) is 7.11 Å². The third-order valence-electron chi connectivity index (χ3n) is 2.28. The highest BCUT2D eigenvalue weighted by atomic mass is 35.5. The number of halogens is 1. The Morgan fingerprint density at radius 3 is 2.43 bits per heavy atom. The van der Waals surface area contributed by atoms with Crippen LogP contribution in [0.3, 0.4) is 0 Å². The van der Waals surface area contributed by atoms with Crippen LogP contribution in [0, 0.1) is 5.92 Å². The fourth-order valence-corrected chi connectivity index (χ4v) is 1.54. The Labute approximate surface area is 90.0 Å². The van der Waals surface area contributed by atoms with Crippen molar-refractivity contribution in [3.63, 3.8) is 0 Å². The Balaban J connectivity index is 2.96. The molecule has 1 aromatic rings. The Morgan fingerprint density at radius 1 is 1.36 bits per heavy atom. The molecule has 0 bridgehead atoms. The number of methoxy groups -OCH3 is 1. The van der Waals surface area contributed by atoms with Crippen LogP contribution >= 0.6 is 11.6 Å². The van der Waals surface area contributed by atoms with E-state index in [0.717, 1.165) is 5.56 Å². The summed E-state index contributed by atoms with van der Waals surface area (Å²) in [5.74, 6) is 1.09. The van der Waals surface area contributed by atoms with Crippen LogP contribution in [0.15, 0.2) is 18.2 Å². The van der Waals surface area contributed by atoms with Crippen molar-refractivity contribution in [2.45, 2.75) is 19.9 Å². The van der Waals surface area contributed by atoms with Crippen LogP contribution in [-0.2, 0) is 0 Å². The van der Waals surface area contributed by atoms with E-state index in [0.29, 0.717) is 16.7 Å². The molecule has 1 rings (SSSR count). The quantitative estimate of drug-likeness (QED) is 0.838. The number of hydrogen-bond acceptors (Lipinski definition) is 2. The van der Waals surface area contributed by atoms with Gasteiger partial charge in [-0.15, -0.1) is 0 Å². The summed E-state index contributed by atoms with van der Waals surface area (Å²) in [6.07, 6.45) is 0. The highest BCUT2D eigenvalue weighted by Gasteiger charge is 2.11. The molecule has 0 saturated carbocycles. The van der Waals surface area contributed by atoms with Crippen molar-refractivity contribution >= 4 is 11.6 Å². The van der Waals surface area contributed by atoms with E-state index in [4.69, 9.17) is 22.1 Å². The van der Waals surface area contributed by atoms with Gasteiger partial charge in [-0.3, -0.25) is 0 Å². The summed E-state index contributed by atoms with van der Waals surface area (Å²) < 4.78 is 5.07. The van der Waals surface area contributed by atoms with Gasteiger partial charge in [0.2, 0.25) is 0 Å². The first-order valence-electron chi connectivity index (χ1n) is 4.65. The second kappa shape index (κ2) is 4.67. The van der Waals surface area contributed by atoms with Crippen LogP contribution < -0.4 is 10.5 Å². The SMILES string of the molecule is COc1ccc([C@@H](N)C(C)C)cc1Cl. The lowest BCUT2D eigenvalue weighted by Gasteiger charge is -2.16. The summed E-state index contributed by atoms with van der Waals surface area (Å²) in [5.41, 5.74) is 7.05. The molecule has 2 N–H and O–H groups in total. The lowest BCUT2D eigenvalue weighted by Crippen LogP contribution is -2.16. The minimum Gasteiger partial charge on any atom is -0.495 e. The molecule has 0 fully saturated rings. The van der Waals surface area contributed by atoms with Gasteiger partial charge in [0.15, 0.2) is 0 Å². The Hall–Kier alpha value is -0.730. The van der Waals surface area contributed by atoms with E-state index in [1.807, 2.05) is 18.2 Å². The van der Waals surface area contributed by atoms with Crippen molar-refractivity contribution in [1.29, 1.82) is 0 Å². The van der Waals surface area contributed by atoms with E-state index >= 15 is 0 Å². The standard InChI is InChI=1S/C11H16ClNO/c1-7(2)11(13)8-4-5-10(14-3)9(12)6-8/h4-7,11H,13H2,1-3H3/t11-/m0/s1. The second-order valence-electron chi connectivity index (χ2n) is 3.66. The van der Waals surface area contributed by atoms with Crippen molar-refractivity contribution in [2.75, 3.05) is 7.11 Å². The van der Waals surface area contributed by atoms with Gasteiger partial charge in [-0.1, -0.05) is 31.5 Å². The molecule has 0 aliphatic heterocycles. The topological polar surface area (TPSA) is 35.2 Å². The van der Waals surface area contributed by atoms with Crippen LogP contribution in [0.25, 0.3) is 0 Å². The van der Waals surface area contributed by atoms with Crippen LogP contribution in [0.2, 0.25) is 5.02 Å². The maximum Gasteiger partial charge on any atom is 0.137 e. The summed E-state index contributed by atoms with van der Waals surface area (Å²) in [6.45, 7) is 4.17. The molecule has 78 valence electrons. The highest BCUT2D eigenvalue weighted by Crippen LogP contribution is 2.28. The fraction of sp³-hybridized carbons (Fsp3) is 0.455. The minimum absolute atomic E-state index is 0.0263. The van der Waals surface area contributed by atoms with Crippen molar-refractivity contribution in [2.24, 2.45) is 11.7 Å². The summed E-state index contributed by atoms with van der Waals surface area (Å²) in [5, 5.41) is 0.612. The predicted molar refractivity (Wildman–Crippen MR) is 59.8 cm³/mol. The maximum atomic E-state index is 6.00. The first-order chi connectivity index (χ1) is 6.56. The average molecular weight is 214 g/mol. The molecular formula is C11H16ClNO. The molecule has 0 aliphatic carbocycles. The van der Waals surface area contributed by atoms with Crippen LogP contribution in [0.4, 0.5) is 0 Å². The lowest BCUT2D eigenvalue weighted by atomic mass is 9.97. The number of benzene rings is 1. The summed E-state index contributed by atoms with van der Waals surface area (Å²) in [7, 11) is 1.60. The van der Waals surface area contributed by atoms with Gasteiger partial charge < -0.3 is 10.5 Å². The zero-order valence-electron chi connectivity index (χ0n) is 8.75. The van der Waals surface area contributed by atoms with Gasteiger partial charge in [0.25, 0.3) is 0 Å². The summed E-state index contributed by atoms with van der Waals surface area (Å²) in [4.78, 5) is 0. The Bertz CT molecular complexity index is 312. The molecule has 1 aromatic carbocycles. The Kier molecular flexibility index (Phi) is 3.78. The fourth-order valence-electron chi connectivity index (χ4n) is 1.27. The summed E-state index contributed by atoms with van der Waals surface area (Å²) >= 11 is 6.00. The van der Waals surface area contributed by atoms with Gasteiger partial charge in [-0.05, 0) is 23.6 Å². The predicted octanol–water partition coefficient (Wildman–Crippen LogP) is 3.00. The van der Waals surface area contributed by atoms with Gasteiger partial charge in [-0.2, -0.15) is 0 Å². The molecule has 0 aliphatic rings. The van der Waals surface area contributed by atoms with E-state index in [9.17, 15) is 0 Å². The first kappa shape index (κ1) is 11.3. The highest BCUT2D eigenvalue weighted by molar-refractivity contribution is 6.32. The van der Waals surface area contributed by atoms with E-state index in [1.165, 1.54) is 0 Å². The van der Waals surface area contributed by atoms with Gasteiger partial charge in [0.1, 0.15) is 5.75 Å². The monoisotopic (exact) mass is 213 g/mol. The molecular weight excluding hydrogens is 198 g/mol. The molecule has 14 heavy (non-hydrogen) atoms. The van der Waals surface area contributed by atoms with Crippen molar-refractivity contribution in [3.05, 3.63) is 28.8 Å². The van der Waals surface area contributed by atoms with Gasteiger partial charge in [0.05, 0.1) is 12.1 Å². The maximum absolute atomic E-state index is 6.00. The zero-order chi connectivity index (χ0) is 10.7. The zero-order valence-corrected chi connectivity index (χ0v) is 9.51. The van der Waals surface area contributed by atoms with E-state index < -0.39 is 0 Å². The minimum atomic E-state index is 0.0263. The van der Waals surface area contributed by atoms with E-state index in [-0.39, 0.29) is 6.04 Å². The number of nitrogens with two attached hydrogens (primary N) is 1. The molecule has 0 amide bonds. The number of hydrogen-bond donors (Lipinski definition) is 1. The normalized spacial score (nSPS) is 13.0. The summed E-state index contributed by atoms with van der Waals surface area (Å²) in [6, 6.07) is 5.69. The Morgan fingerprint density at radius 2 is 2.00 bits per heavy atom. The molecule has 0 unspecified atom stereocenters. The molecule has 0 spiro atoms. The smallest absolute Gasteiger partial charge is 0.137 e.